The van der Waals surface area contributed by atoms with Crippen LogP contribution in [0.4, 0.5) is 4.39 Å². The van der Waals surface area contributed by atoms with Gasteiger partial charge in [0.25, 0.3) is 5.91 Å². The molecule has 29 heavy (non-hydrogen) atoms. The van der Waals surface area contributed by atoms with Crippen LogP contribution in [0.3, 0.4) is 0 Å². The summed E-state index contributed by atoms with van der Waals surface area (Å²) in [5.41, 5.74) is 2.03. The highest BCUT2D eigenvalue weighted by atomic mass is 35.5. The highest BCUT2D eigenvalue weighted by Crippen LogP contribution is 2.25. The average Bonchev–Trinajstić information content (AvgIpc) is 3.21. The van der Waals surface area contributed by atoms with Gasteiger partial charge in [-0.15, -0.1) is 0 Å². The highest BCUT2D eigenvalue weighted by Gasteiger charge is 2.18. The third kappa shape index (κ3) is 5.79. The number of benzene rings is 2. The second-order valence-electron chi connectivity index (χ2n) is 6.24. The lowest BCUT2D eigenvalue weighted by Crippen LogP contribution is -2.33. The number of amides is 2. The summed E-state index contributed by atoms with van der Waals surface area (Å²) in [6.07, 6.45) is 0.0821. The van der Waals surface area contributed by atoms with Gasteiger partial charge in [0, 0.05) is 18.0 Å². The van der Waals surface area contributed by atoms with Crippen molar-refractivity contribution >= 4 is 46.4 Å². The fourth-order valence-corrected chi connectivity index (χ4v) is 3.81. The Bertz CT molecular complexity index is 994. The van der Waals surface area contributed by atoms with Gasteiger partial charge in [-0.1, -0.05) is 35.3 Å². The zero-order valence-corrected chi connectivity index (χ0v) is 17.5. The van der Waals surface area contributed by atoms with E-state index in [1.165, 1.54) is 6.07 Å². The smallest absolute Gasteiger partial charge is 0.252 e. The Labute approximate surface area is 181 Å². The molecule has 2 amide bonds. The topological polar surface area (TPSA) is 58.2 Å². The summed E-state index contributed by atoms with van der Waals surface area (Å²) < 4.78 is 13.1. The van der Waals surface area contributed by atoms with E-state index in [-0.39, 0.29) is 35.5 Å². The maximum Gasteiger partial charge on any atom is 0.252 e. The van der Waals surface area contributed by atoms with E-state index in [9.17, 15) is 14.0 Å². The maximum atomic E-state index is 13.1. The Kier molecular flexibility index (Phi) is 7.25. The molecule has 0 aliphatic carbocycles. The van der Waals surface area contributed by atoms with E-state index in [1.807, 2.05) is 29.0 Å². The molecule has 3 aromatic rings. The summed E-state index contributed by atoms with van der Waals surface area (Å²) in [7, 11) is 0. The molecule has 2 aromatic carbocycles. The molecule has 0 fully saturated rings. The van der Waals surface area contributed by atoms with Crippen molar-refractivity contribution in [2.45, 2.75) is 12.5 Å². The molecule has 1 atom stereocenters. The van der Waals surface area contributed by atoms with Crippen LogP contribution in [0.15, 0.2) is 59.3 Å². The van der Waals surface area contributed by atoms with E-state index in [0.29, 0.717) is 5.02 Å². The van der Waals surface area contributed by atoms with Gasteiger partial charge in [0.2, 0.25) is 5.91 Å². The molecule has 0 aliphatic heterocycles. The standard InChI is InChI=1S/C21H17Cl2FN2O2S/c22-15-3-1-13(2-4-15)20(14-8-10-29-12-14)26-19(27)7-9-25-21(28)17-6-5-16(24)11-18(17)23/h1-6,8,10-12,20H,7,9H2,(H,25,28)(H,26,27). The van der Waals surface area contributed by atoms with Crippen LogP contribution in [0.25, 0.3) is 0 Å². The average molecular weight is 451 g/mol. The Balaban J connectivity index is 1.59. The maximum absolute atomic E-state index is 13.1. The predicted molar refractivity (Wildman–Crippen MR) is 114 cm³/mol. The first-order valence-corrected chi connectivity index (χ1v) is 10.4. The minimum Gasteiger partial charge on any atom is -0.351 e. The molecule has 1 aromatic heterocycles. The van der Waals surface area contributed by atoms with E-state index >= 15 is 0 Å². The Hall–Kier alpha value is -2.41. The molecule has 0 saturated heterocycles. The Morgan fingerprint density at radius 3 is 2.45 bits per heavy atom. The predicted octanol–water partition coefficient (Wildman–Crippen LogP) is 5.22. The molecule has 1 heterocycles. The molecule has 0 bridgehead atoms. The highest BCUT2D eigenvalue weighted by molar-refractivity contribution is 7.08. The Morgan fingerprint density at radius 2 is 1.79 bits per heavy atom. The summed E-state index contributed by atoms with van der Waals surface area (Å²) in [6, 6.07) is 12.4. The quantitative estimate of drug-likeness (QED) is 0.518. The Morgan fingerprint density at radius 1 is 1.03 bits per heavy atom. The molecule has 3 rings (SSSR count). The minimum absolute atomic E-state index is 0.0206. The van der Waals surface area contributed by atoms with Gasteiger partial charge in [0.15, 0.2) is 0 Å². The van der Waals surface area contributed by atoms with Crippen LogP contribution >= 0.6 is 34.5 Å². The first-order chi connectivity index (χ1) is 13.9. The monoisotopic (exact) mass is 450 g/mol. The number of carbonyl (C=O) groups is 2. The first-order valence-electron chi connectivity index (χ1n) is 8.74. The number of hydrogen-bond donors (Lipinski definition) is 2. The summed E-state index contributed by atoms with van der Waals surface area (Å²) >= 11 is 13.4. The fourth-order valence-electron chi connectivity index (χ4n) is 2.75. The van der Waals surface area contributed by atoms with Gasteiger partial charge in [0.1, 0.15) is 5.82 Å². The number of rotatable bonds is 7. The van der Waals surface area contributed by atoms with E-state index in [2.05, 4.69) is 10.6 Å². The molecule has 2 N–H and O–H groups in total. The molecule has 8 heteroatoms. The number of carbonyl (C=O) groups excluding carboxylic acids is 2. The summed E-state index contributed by atoms with van der Waals surface area (Å²) in [6.45, 7) is 0.120. The van der Waals surface area contributed by atoms with Crippen LogP contribution in [0.1, 0.15) is 33.9 Å². The molecule has 0 spiro atoms. The molecule has 0 saturated carbocycles. The molecule has 0 radical (unpaired) electrons. The third-order valence-corrected chi connectivity index (χ3v) is 5.46. The van der Waals surface area contributed by atoms with Crippen LogP contribution in [0.5, 0.6) is 0 Å². The van der Waals surface area contributed by atoms with Crippen molar-refractivity contribution in [1.82, 2.24) is 10.6 Å². The van der Waals surface area contributed by atoms with E-state index in [1.54, 1.807) is 23.5 Å². The van der Waals surface area contributed by atoms with Crippen molar-refractivity contribution in [2.75, 3.05) is 6.54 Å². The van der Waals surface area contributed by atoms with Gasteiger partial charge in [-0.25, -0.2) is 4.39 Å². The van der Waals surface area contributed by atoms with Crippen LogP contribution in [-0.2, 0) is 4.79 Å². The molecule has 150 valence electrons. The van der Waals surface area contributed by atoms with Crippen molar-refractivity contribution in [3.8, 4) is 0 Å². The van der Waals surface area contributed by atoms with Crippen LogP contribution in [0, 0.1) is 5.82 Å². The molecular formula is C21H17Cl2FN2O2S. The van der Waals surface area contributed by atoms with Gasteiger partial charge >= 0.3 is 0 Å². The van der Waals surface area contributed by atoms with E-state index < -0.39 is 11.7 Å². The normalized spacial score (nSPS) is 11.7. The molecule has 0 aliphatic rings. The minimum atomic E-state index is -0.521. The lowest BCUT2D eigenvalue weighted by Gasteiger charge is -2.19. The second-order valence-corrected chi connectivity index (χ2v) is 7.86. The van der Waals surface area contributed by atoms with Gasteiger partial charge in [-0.3, -0.25) is 9.59 Å². The second kappa shape index (κ2) is 9.87. The summed E-state index contributed by atoms with van der Waals surface area (Å²) in [4.78, 5) is 24.6. The lowest BCUT2D eigenvalue weighted by molar-refractivity contribution is -0.121. The van der Waals surface area contributed by atoms with Gasteiger partial charge in [-0.2, -0.15) is 11.3 Å². The SMILES string of the molecule is O=C(CCNC(=O)c1ccc(F)cc1Cl)NC(c1ccc(Cl)cc1)c1ccsc1. The number of halogens is 3. The van der Waals surface area contributed by atoms with E-state index in [4.69, 9.17) is 23.2 Å². The molecular weight excluding hydrogens is 434 g/mol. The van der Waals surface area contributed by atoms with Crippen molar-refractivity contribution in [3.05, 3.63) is 91.8 Å². The van der Waals surface area contributed by atoms with Gasteiger partial charge in [0.05, 0.1) is 16.6 Å². The number of thiophene rings is 1. The summed E-state index contributed by atoms with van der Waals surface area (Å²) in [5.74, 6) is -1.20. The fraction of sp³-hybridized carbons (Fsp3) is 0.143. The van der Waals surface area contributed by atoms with Crippen LogP contribution in [0.2, 0.25) is 10.0 Å². The molecule has 1 unspecified atom stereocenters. The lowest BCUT2D eigenvalue weighted by atomic mass is 10.0. The number of hydrogen-bond acceptors (Lipinski definition) is 3. The van der Waals surface area contributed by atoms with Crippen molar-refractivity contribution < 1.29 is 14.0 Å². The van der Waals surface area contributed by atoms with Crippen molar-refractivity contribution in [3.63, 3.8) is 0 Å². The van der Waals surface area contributed by atoms with E-state index in [0.717, 1.165) is 23.3 Å². The summed E-state index contributed by atoms with van der Waals surface area (Å²) in [5, 5.41) is 10.2. The van der Waals surface area contributed by atoms with Crippen molar-refractivity contribution in [1.29, 1.82) is 0 Å². The zero-order chi connectivity index (χ0) is 20.8. The third-order valence-electron chi connectivity index (χ3n) is 4.20. The zero-order valence-electron chi connectivity index (χ0n) is 15.1. The van der Waals surface area contributed by atoms with Crippen molar-refractivity contribution in [2.24, 2.45) is 0 Å². The first kappa shape index (κ1) is 21.3. The number of nitrogens with one attached hydrogen (secondary N) is 2. The largest absolute Gasteiger partial charge is 0.351 e. The van der Waals surface area contributed by atoms with Crippen LogP contribution in [-0.4, -0.2) is 18.4 Å². The van der Waals surface area contributed by atoms with Gasteiger partial charge < -0.3 is 10.6 Å². The van der Waals surface area contributed by atoms with Gasteiger partial charge in [-0.05, 0) is 58.3 Å². The molecule has 4 nitrogen and oxygen atoms in total. The van der Waals surface area contributed by atoms with Crippen LogP contribution < -0.4 is 10.6 Å².